The summed E-state index contributed by atoms with van der Waals surface area (Å²) in [5.41, 5.74) is -0.528. The van der Waals surface area contributed by atoms with Crippen LogP contribution in [0.15, 0.2) is 16.9 Å². The van der Waals surface area contributed by atoms with Gasteiger partial charge in [0.15, 0.2) is 0 Å². The van der Waals surface area contributed by atoms with E-state index in [0.717, 1.165) is 16.7 Å². The van der Waals surface area contributed by atoms with E-state index in [0.29, 0.717) is 0 Å². The number of pyridine rings is 1. The summed E-state index contributed by atoms with van der Waals surface area (Å²) in [6, 6.07) is 2.20. The molecule has 19 heavy (non-hydrogen) atoms. The van der Waals surface area contributed by atoms with Crippen molar-refractivity contribution >= 4 is 11.7 Å². The standard InChI is InChI=1S/C12H16N2O5/c1-8(2)7-19-12(16)6-13-9(3)10(14(17)18)4-5-11(13)15/h4-5,8H,6-7H2,1-3H3. The van der Waals surface area contributed by atoms with Gasteiger partial charge >= 0.3 is 5.97 Å². The molecule has 0 fully saturated rings. The lowest BCUT2D eigenvalue weighted by atomic mass is 10.2. The molecule has 0 aliphatic carbocycles. The number of rotatable bonds is 5. The van der Waals surface area contributed by atoms with Gasteiger partial charge in [-0.05, 0) is 12.8 Å². The molecule has 0 bridgehead atoms. The summed E-state index contributed by atoms with van der Waals surface area (Å²) in [6.45, 7) is 5.13. The van der Waals surface area contributed by atoms with Crippen LogP contribution in [0, 0.1) is 23.0 Å². The molecule has 7 heteroatoms. The zero-order chi connectivity index (χ0) is 14.6. The minimum atomic E-state index is -0.593. The maximum Gasteiger partial charge on any atom is 0.326 e. The summed E-state index contributed by atoms with van der Waals surface area (Å²) >= 11 is 0. The van der Waals surface area contributed by atoms with Crippen LogP contribution in [0.2, 0.25) is 0 Å². The molecular weight excluding hydrogens is 252 g/mol. The van der Waals surface area contributed by atoms with Gasteiger partial charge in [-0.3, -0.25) is 24.3 Å². The predicted octanol–water partition coefficient (Wildman–Crippen LogP) is 1.26. The lowest BCUT2D eigenvalue weighted by Gasteiger charge is -2.10. The molecule has 0 amide bonds. The lowest BCUT2D eigenvalue weighted by molar-refractivity contribution is -0.386. The van der Waals surface area contributed by atoms with Gasteiger partial charge < -0.3 is 4.74 Å². The molecule has 0 aromatic carbocycles. The Labute approximate surface area is 110 Å². The minimum absolute atomic E-state index is 0.138. The molecular formula is C12H16N2O5. The summed E-state index contributed by atoms with van der Waals surface area (Å²) in [6.07, 6.45) is 0. The maximum absolute atomic E-state index is 11.6. The van der Waals surface area contributed by atoms with Gasteiger partial charge in [0, 0.05) is 12.1 Å². The topological polar surface area (TPSA) is 91.4 Å². The Balaban J connectivity index is 2.95. The number of esters is 1. The van der Waals surface area contributed by atoms with Crippen molar-refractivity contribution < 1.29 is 14.5 Å². The summed E-state index contributed by atoms with van der Waals surface area (Å²) in [5.74, 6) is -0.397. The van der Waals surface area contributed by atoms with Crippen molar-refractivity contribution in [2.45, 2.75) is 27.3 Å². The van der Waals surface area contributed by atoms with Crippen LogP contribution in [-0.4, -0.2) is 22.1 Å². The van der Waals surface area contributed by atoms with Crippen LogP contribution in [0.5, 0.6) is 0 Å². The van der Waals surface area contributed by atoms with E-state index in [4.69, 9.17) is 4.74 Å². The number of nitrogens with zero attached hydrogens (tertiary/aromatic N) is 2. The second kappa shape index (κ2) is 6.12. The number of nitro groups is 1. The van der Waals surface area contributed by atoms with E-state index < -0.39 is 16.5 Å². The quantitative estimate of drug-likeness (QED) is 0.455. The Hall–Kier alpha value is -2.18. The zero-order valence-electron chi connectivity index (χ0n) is 11.1. The van der Waals surface area contributed by atoms with E-state index in [1.807, 2.05) is 13.8 Å². The largest absolute Gasteiger partial charge is 0.464 e. The highest BCUT2D eigenvalue weighted by molar-refractivity contribution is 5.69. The predicted molar refractivity (Wildman–Crippen MR) is 67.9 cm³/mol. The Morgan fingerprint density at radius 3 is 2.63 bits per heavy atom. The highest BCUT2D eigenvalue weighted by Crippen LogP contribution is 2.14. The number of hydrogen-bond donors (Lipinski definition) is 0. The molecule has 0 aliphatic rings. The van der Waals surface area contributed by atoms with Gasteiger partial charge in [0.2, 0.25) is 0 Å². The first-order valence-electron chi connectivity index (χ1n) is 5.83. The Kier molecular flexibility index (Phi) is 4.80. The molecule has 0 saturated heterocycles. The number of ether oxygens (including phenoxy) is 1. The highest BCUT2D eigenvalue weighted by Gasteiger charge is 2.17. The van der Waals surface area contributed by atoms with Crippen LogP contribution < -0.4 is 5.56 Å². The Morgan fingerprint density at radius 2 is 2.11 bits per heavy atom. The molecule has 0 unspecified atom stereocenters. The number of carbonyl (C=O) groups excluding carboxylic acids is 1. The Bertz CT molecular complexity index is 548. The van der Waals surface area contributed by atoms with Crippen molar-refractivity contribution in [1.29, 1.82) is 0 Å². The third kappa shape index (κ3) is 3.90. The van der Waals surface area contributed by atoms with E-state index in [1.165, 1.54) is 6.92 Å². The molecule has 1 heterocycles. The number of aromatic nitrogens is 1. The SMILES string of the molecule is Cc1c([N+](=O)[O-])ccc(=O)n1CC(=O)OCC(C)C. The van der Waals surface area contributed by atoms with E-state index in [2.05, 4.69) is 0 Å². The van der Waals surface area contributed by atoms with Gasteiger partial charge in [-0.2, -0.15) is 0 Å². The second-order valence-electron chi connectivity index (χ2n) is 4.56. The van der Waals surface area contributed by atoms with Crippen LogP contribution in [0.25, 0.3) is 0 Å². The molecule has 7 nitrogen and oxygen atoms in total. The average molecular weight is 268 g/mol. The first-order chi connectivity index (χ1) is 8.82. The van der Waals surface area contributed by atoms with E-state index in [-0.39, 0.29) is 30.5 Å². The van der Waals surface area contributed by atoms with E-state index >= 15 is 0 Å². The fraction of sp³-hybridized carbons (Fsp3) is 0.500. The zero-order valence-corrected chi connectivity index (χ0v) is 11.1. The summed E-state index contributed by atoms with van der Waals surface area (Å²) in [5, 5.41) is 10.8. The fourth-order valence-electron chi connectivity index (χ4n) is 1.49. The van der Waals surface area contributed by atoms with Crippen molar-refractivity contribution in [2.24, 2.45) is 5.92 Å². The van der Waals surface area contributed by atoms with Gasteiger partial charge in [-0.15, -0.1) is 0 Å². The summed E-state index contributed by atoms with van der Waals surface area (Å²) < 4.78 is 5.99. The maximum atomic E-state index is 11.6. The van der Waals surface area contributed by atoms with Crippen molar-refractivity contribution in [3.63, 3.8) is 0 Å². The summed E-state index contributed by atoms with van der Waals surface area (Å²) in [7, 11) is 0. The van der Waals surface area contributed by atoms with Crippen LogP contribution in [0.3, 0.4) is 0 Å². The molecule has 104 valence electrons. The molecule has 0 N–H and O–H groups in total. The average Bonchev–Trinajstić information content (AvgIpc) is 2.31. The highest BCUT2D eigenvalue weighted by atomic mass is 16.6. The molecule has 0 atom stereocenters. The third-order valence-electron chi connectivity index (χ3n) is 2.49. The van der Waals surface area contributed by atoms with Crippen LogP contribution in [0.1, 0.15) is 19.5 Å². The molecule has 1 aromatic heterocycles. The van der Waals surface area contributed by atoms with Crippen LogP contribution in [0.4, 0.5) is 5.69 Å². The molecule has 0 saturated carbocycles. The van der Waals surface area contributed by atoms with Crippen molar-refractivity contribution in [2.75, 3.05) is 6.61 Å². The fourth-order valence-corrected chi connectivity index (χ4v) is 1.49. The number of hydrogen-bond acceptors (Lipinski definition) is 5. The monoisotopic (exact) mass is 268 g/mol. The molecule has 0 aliphatic heterocycles. The third-order valence-corrected chi connectivity index (χ3v) is 2.49. The van der Waals surface area contributed by atoms with E-state index in [9.17, 15) is 19.7 Å². The first kappa shape index (κ1) is 14.9. The second-order valence-corrected chi connectivity index (χ2v) is 4.56. The summed E-state index contributed by atoms with van der Waals surface area (Å²) in [4.78, 5) is 33.3. The molecule has 0 radical (unpaired) electrons. The lowest BCUT2D eigenvalue weighted by Crippen LogP contribution is -2.27. The van der Waals surface area contributed by atoms with Gasteiger partial charge in [-0.1, -0.05) is 13.8 Å². The smallest absolute Gasteiger partial charge is 0.326 e. The van der Waals surface area contributed by atoms with Crippen molar-refractivity contribution in [3.8, 4) is 0 Å². The molecule has 1 aromatic rings. The van der Waals surface area contributed by atoms with Gasteiger partial charge in [0.25, 0.3) is 11.2 Å². The van der Waals surface area contributed by atoms with Gasteiger partial charge in [-0.25, -0.2) is 0 Å². The van der Waals surface area contributed by atoms with Crippen molar-refractivity contribution in [3.05, 3.63) is 38.3 Å². The van der Waals surface area contributed by atoms with Crippen molar-refractivity contribution in [1.82, 2.24) is 4.57 Å². The minimum Gasteiger partial charge on any atom is -0.464 e. The van der Waals surface area contributed by atoms with Gasteiger partial charge in [0.05, 0.1) is 17.2 Å². The first-order valence-corrected chi connectivity index (χ1v) is 5.83. The van der Waals surface area contributed by atoms with Crippen LogP contribution >= 0.6 is 0 Å². The van der Waals surface area contributed by atoms with E-state index in [1.54, 1.807) is 0 Å². The normalized spacial score (nSPS) is 10.5. The molecule has 1 rings (SSSR count). The molecule has 0 spiro atoms. The Morgan fingerprint density at radius 1 is 1.47 bits per heavy atom. The van der Waals surface area contributed by atoms with Gasteiger partial charge in [0.1, 0.15) is 6.54 Å². The van der Waals surface area contributed by atoms with Crippen LogP contribution in [-0.2, 0) is 16.1 Å². The number of carbonyl (C=O) groups is 1.